The molecule has 3 amide bonds. The standard InChI is InChI=1S/C19H17ClF3N3O3/c20-12-5-4-6-13(21)17(12)25-18(27)11-9-14(22)15(10-16(11)29-23)24-19(28)26-7-2-1-3-8-26/h4-6,9-10H,1-3,7-8H2,(H,24,28)(H,25,27). The van der Waals surface area contributed by atoms with Crippen LogP contribution in [0.1, 0.15) is 29.6 Å². The number of carbonyl (C=O) groups is 2. The van der Waals surface area contributed by atoms with E-state index in [2.05, 4.69) is 15.6 Å². The number of urea groups is 1. The van der Waals surface area contributed by atoms with Crippen LogP contribution in [0.2, 0.25) is 5.02 Å². The van der Waals surface area contributed by atoms with Crippen molar-refractivity contribution in [2.24, 2.45) is 0 Å². The Morgan fingerprint density at radius 1 is 1.03 bits per heavy atom. The average molecular weight is 428 g/mol. The molecule has 10 heteroatoms. The van der Waals surface area contributed by atoms with Crippen LogP contribution in [0.5, 0.6) is 5.75 Å². The fourth-order valence-corrected chi connectivity index (χ4v) is 3.19. The molecule has 2 N–H and O–H groups in total. The lowest BCUT2D eigenvalue weighted by atomic mass is 10.1. The fourth-order valence-electron chi connectivity index (χ4n) is 2.98. The first kappa shape index (κ1) is 20.8. The molecule has 0 unspecified atom stereocenters. The molecule has 0 saturated carbocycles. The summed E-state index contributed by atoms with van der Waals surface area (Å²) in [6.45, 7) is 1.06. The Morgan fingerprint density at radius 3 is 2.41 bits per heavy atom. The number of amides is 3. The summed E-state index contributed by atoms with van der Waals surface area (Å²) in [5.74, 6) is -3.50. The first-order chi connectivity index (χ1) is 13.9. The van der Waals surface area contributed by atoms with Crippen molar-refractivity contribution < 1.29 is 27.8 Å². The second kappa shape index (κ2) is 9.04. The molecule has 1 aliphatic rings. The molecular weight excluding hydrogens is 411 g/mol. The molecule has 1 heterocycles. The van der Waals surface area contributed by atoms with Crippen molar-refractivity contribution in [1.29, 1.82) is 0 Å². The number of anilines is 2. The molecule has 2 aromatic carbocycles. The van der Waals surface area contributed by atoms with E-state index in [-0.39, 0.29) is 16.4 Å². The monoisotopic (exact) mass is 427 g/mol. The predicted molar refractivity (Wildman–Crippen MR) is 102 cm³/mol. The molecule has 0 atom stereocenters. The molecule has 0 bridgehead atoms. The van der Waals surface area contributed by atoms with Gasteiger partial charge in [-0.2, -0.15) is 0 Å². The maximum atomic E-state index is 14.5. The average Bonchev–Trinajstić information content (AvgIpc) is 2.72. The number of nitrogens with one attached hydrogen (secondary N) is 2. The maximum Gasteiger partial charge on any atom is 0.321 e. The van der Waals surface area contributed by atoms with Gasteiger partial charge in [0.05, 0.1) is 22.0 Å². The van der Waals surface area contributed by atoms with Gasteiger partial charge in [0, 0.05) is 23.7 Å². The van der Waals surface area contributed by atoms with Crippen LogP contribution in [0.25, 0.3) is 0 Å². The van der Waals surface area contributed by atoms with Crippen molar-refractivity contribution in [2.45, 2.75) is 19.3 Å². The number of piperidine rings is 1. The molecule has 3 rings (SSSR count). The van der Waals surface area contributed by atoms with Crippen LogP contribution in [-0.2, 0) is 0 Å². The minimum atomic E-state index is -1.04. The number of nitrogens with zero attached hydrogens (tertiary/aromatic N) is 1. The summed E-state index contributed by atoms with van der Waals surface area (Å²) in [6.07, 6.45) is 2.69. The van der Waals surface area contributed by atoms with E-state index in [0.717, 1.165) is 31.4 Å². The Bertz CT molecular complexity index is 916. The maximum absolute atomic E-state index is 14.5. The molecule has 0 aromatic heterocycles. The van der Waals surface area contributed by atoms with Crippen LogP contribution >= 0.6 is 11.6 Å². The van der Waals surface area contributed by atoms with E-state index in [0.29, 0.717) is 19.2 Å². The van der Waals surface area contributed by atoms with E-state index in [1.165, 1.54) is 17.0 Å². The first-order valence-corrected chi connectivity index (χ1v) is 9.22. The van der Waals surface area contributed by atoms with Crippen LogP contribution in [-0.4, -0.2) is 29.9 Å². The Kier molecular flexibility index (Phi) is 6.48. The van der Waals surface area contributed by atoms with Crippen molar-refractivity contribution >= 4 is 34.9 Å². The summed E-state index contributed by atoms with van der Waals surface area (Å²) in [5, 5.41) is 4.40. The van der Waals surface area contributed by atoms with Gasteiger partial charge in [0.2, 0.25) is 0 Å². The van der Waals surface area contributed by atoms with Crippen molar-refractivity contribution in [3.63, 3.8) is 0 Å². The summed E-state index contributed by atoms with van der Waals surface area (Å²) in [5.41, 5.74) is -1.24. The van der Waals surface area contributed by atoms with E-state index < -0.39 is 34.9 Å². The normalized spacial score (nSPS) is 13.7. The number of carbonyl (C=O) groups excluding carboxylic acids is 2. The Hall–Kier alpha value is -2.94. The van der Waals surface area contributed by atoms with Gasteiger partial charge in [-0.3, -0.25) is 9.74 Å². The van der Waals surface area contributed by atoms with Gasteiger partial charge in [-0.25, -0.2) is 13.6 Å². The van der Waals surface area contributed by atoms with Crippen molar-refractivity contribution in [1.82, 2.24) is 4.90 Å². The summed E-state index contributed by atoms with van der Waals surface area (Å²) in [7, 11) is 0. The third-order valence-electron chi connectivity index (χ3n) is 4.48. The van der Waals surface area contributed by atoms with Gasteiger partial charge in [0.25, 0.3) is 5.91 Å². The highest BCUT2D eigenvalue weighted by Crippen LogP contribution is 2.30. The molecular formula is C19H17ClF3N3O3. The predicted octanol–water partition coefficient (Wildman–Crippen LogP) is 5.15. The van der Waals surface area contributed by atoms with Gasteiger partial charge >= 0.3 is 6.03 Å². The summed E-state index contributed by atoms with van der Waals surface area (Å²) in [4.78, 5) is 29.8. The van der Waals surface area contributed by atoms with Crippen LogP contribution < -0.4 is 15.6 Å². The van der Waals surface area contributed by atoms with E-state index in [1.807, 2.05) is 0 Å². The number of para-hydroxylation sites is 1. The van der Waals surface area contributed by atoms with Gasteiger partial charge in [0.15, 0.2) is 5.75 Å². The van der Waals surface area contributed by atoms with Crippen molar-refractivity contribution in [3.8, 4) is 5.75 Å². The second-order valence-corrected chi connectivity index (χ2v) is 6.84. The summed E-state index contributed by atoms with van der Waals surface area (Å²) in [6, 6.07) is 4.73. The van der Waals surface area contributed by atoms with Crippen LogP contribution in [0.15, 0.2) is 30.3 Å². The number of likely N-dealkylation sites (tertiary alicyclic amines) is 1. The number of rotatable bonds is 4. The first-order valence-electron chi connectivity index (χ1n) is 8.84. The zero-order chi connectivity index (χ0) is 21.0. The SMILES string of the molecule is O=C(Nc1c(F)cccc1Cl)c1cc(F)c(NC(=O)N2CCCCC2)cc1OF. The molecule has 2 aromatic rings. The lowest BCUT2D eigenvalue weighted by Crippen LogP contribution is -2.38. The van der Waals surface area contributed by atoms with Gasteiger partial charge in [-0.15, -0.1) is 0 Å². The van der Waals surface area contributed by atoms with Crippen molar-refractivity contribution in [3.05, 3.63) is 52.6 Å². The highest BCUT2D eigenvalue weighted by atomic mass is 35.5. The van der Waals surface area contributed by atoms with E-state index in [1.54, 1.807) is 0 Å². The zero-order valence-electron chi connectivity index (χ0n) is 15.1. The van der Waals surface area contributed by atoms with E-state index >= 15 is 0 Å². The molecule has 1 saturated heterocycles. The minimum absolute atomic E-state index is 0.0908. The molecule has 0 aliphatic carbocycles. The highest BCUT2D eigenvalue weighted by molar-refractivity contribution is 6.34. The molecule has 6 nitrogen and oxygen atoms in total. The summed E-state index contributed by atoms with van der Waals surface area (Å²) < 4.78 is 41.3. The molecule has 29 heavy (non-hydrogen) atoms. The number of hydrogen-bond donors (Lipinski definition) is 2. The largest absolute Gasteiger partial charge is 0.325 e. The van der Waals surface area contributed by atoms with E-state index in [4.69, 9.17) is 11.6 Å². The quantitative estimate of drug-likeness (QED) is 0.708. The van der Waals surface area contributed by atoms with Crippen LogP contribution in [0, 0.1) is 11.6 Å². The number of halogens is 4. The number of hydrogen-bond acceptors (Lipinski definition) is 3. The minimum Gasteiger partial charge on any atom is -0.325 e. The highest BCUT2D eigenvalue weighted by Gasteiger charge is 2.23. The third-order valence-corrected chi connectivity index (χ3v) is 4.80. The topological polar surface area (TPSA) is 70.7 Å². The van der Waals surface area contributed by atoms with Gasteiger partial charge in [-0.1, -0.05) is 17.7 Å². The van der Waals surface area contributed by atoms with E-state index in [9.17, 15) is 22.9 Å². The zero-order valence-corrected chi connectivity index (χ0v) is 15.9. The lowest BCUT2D eigenvalue weighted by Gasteiger charge is -2.27. The van der Waals surface area contributed by atoms with Crippen molar-refractivity contribution in [2.75, 3.05) is 23.7 Å². The van der Waals surface area contributed by atoms with Crippen LogP contribution in [0.3, 0.4) is 0 Å². The van der Waals surface area contributed by atoms with Gasteiger partial charge in [0.1, 0.15) is 11.6 Å². The fraction of sp³-hybridized carbons (Fsp3) is 0.263. The Labute approximate surface area is 169 Å². The Balaban J connectivity index is 1.82. The van der Waals surface area contributed by atoms with Crippen LogP contribution in [0.4, 0.5) is 29.5 Å². The molecule has 154 valence electrons. The Morgan fingerprint density at radius 2 is 1.76 bits per heavy atom. The second-order valence-electron chi connectivity index (χ2n) is 6.43. The molecule has 1 aliphatic heterocycles. The third kappa shape index (κ3) is 4.73. The molecule has 0 radical (unpaired) electrons. The lowest BCUT2D eigenvalue weighted by molar-refractivity contribution is -0.00702. The molecule has 1 fully saturated rings. The summed E-state index contributed by atoms with van der Waals surface area (Å²) >= 11 is 5.84. The smallest absolute Gasteiger partial charge is 0.321 e. The van der Waals surface area contributed by atoms with Gasteiger partial charge in [-0.05, 0) is 37.5 Å². The van der Waals surface area contributed by atoms with Gasteiger partial charge < -0.3 is 15.5 Å². The number of benzene rings is 2. The molecule has 0 spiro atoms.